The Morgan fingerprint density at radius 1 is 1.05 bits per heavy atom. The molecule has 2 aromatic rings. The first-order valence-corrected chi connectivity index (χ1v) is 6.93. The van der Waals surface area contributed by atoms with Crippen molar-refractivity contribution >= 4 is 0 Å². The summed E-state index contributed by atoms with van der Waals surface area (Å²) in [5, 5.41) is 0. The zero-order valence-corrected chi connectivity index (χ0v) is 12.0. The number of para-hydroxylation sites is 1. The zero-order valence-electron chi connectivity index (χ0n) is 12.0. The van der Waals surface area contributed by atoms with E-state index < -0.39 is 0 Å². The van der Waals surface area contributed by atoms with Crippen LogP contribution in [0.2, 0.25) is 0 Å². The summed E-state index contributed by atoms with van der Waals surface area (Å²) in [7, 11) is 0. The second-order valence-electron chi connectivity index (χ2n) is 4.80. The maximum atomic E-state index is 5.96. The normalized spacial score (nSPS) is 11.9. The van der Waals surface area contributed by atoms with Crippen molar-refractivity contribution in [1.82, 2.24) is 0 Å². The Bertz CT molecular complexity index is 552. The van der Waals surface area contributed by atoms with E-state index in [4.69, 9.17) is 15.2 Å². The molecule has 0 spiro atoms. The molecule has 1 atom stereocenters. The lowest BCUT2D eigenvalue weighted by molar-refractivity contribution is 0.338. The highest BCUT2D eigenvalue weighted by Crippen LogP contribution is 2.28. The first kappa shape index (κ1) is 14.4. The SMILES string of the molecule is CCOc1cccc(Oc2ccccc2CC(C)N)c1. The van der Waals surface area contributed by atoms with Crippen molar-refractivity contribution < 1.29 is 9.47 Å². The summed E-state index contributed by atoms with van der Waals surface area (Å²) in [6, 6.07) is 15.7. The number of hydrogen-bond donors (Lipinski definition) is 1. The molecule has 3 heteroatoms. The highest BCUT2D eigenvalue weighted by molar-refractivity contribution is 5.40. The molecule has 0 heterocycles. The molecule has 0 aliphatic carbocycles. The molecule has 0 bridgehead atoms. The van der Waals surface area contributed by atoms with Crippen molar-refractivity contribution in [3.8, 4) is 17.2 Å². The van der Waals surface area contributed by atoms with Crippen LogP contribution in [0.4, 0.5) is 0 Å². The molecule has 0 aliphatic rings. The van der Waals surface area contributed by atoms with E-state index in [0.29, 0.717) is 6.61 Å². The molecule has 106 valence electrons. The van der Waals surface area contributed by atoms with Crippen molar-refractivity contribution in [3.05, 3.63) is 54.1 Å². The van der Waals surface area contributed by atoms with Gasteiger partial charge in [-0.25, -0.2) is 0 Å². The van der Waals surface area contributed by atoms with Crippen molar-refractivity contribution in [2.75, 3.05) is 6.61 Å². The second-order valence-corrected chi connectivity index (χ2v) is 4.80. The summed E-state index contributed by atoms with van der Waals surface area (Å²) < 4.78 is 11.4. The van der Waals surface area contributed by atoms with Gasteiger partial charge in [-0.05, 0) is 44.0 Å². The Morgan fingerprint density at radius 2 is 1.80 bits per heavy atom. The number of ether oxygens (including phenoxy) is 2. The summed E-state index contributed by atoms with van der Waals surface area (Å²) in [5.41, 5.74) is 6.99. The minimum atomic E-state index is 0.106. The van der Waals surface area contributed by atoms with Crippen LogP contribution in [-0.2, 0) is 6.42 Å². The van der Waals surface area contributed by atoms with Crippen molar-refractivity contribution in [2.45, 2.75) is 26.3 Å². The monoisotopic (exact) mass is 271 g/mol. The molecule has 20 heavy (non-hydrogen) atoms. The van der Waals surface area contributed by atoms with E-state index in [1.165, 1.54) is 0 Å². The smallest absolute Gasteiger partial charge is 0.131 e. The Labute approximate surface area is 120 Å². The van der Waals surface area contributed by atoms with Crippen LogP contribution in [0.1, 0.15) is 19.4 Å². The lowest BCUT2D eigenvalue weighted by Gasteiger charge is -2.13. The number of benzene rings is 2. The lowest BCUT2D eigenvalue weighted by Crippen LogP contribution is -2.18. The van der Waals surface area contributed by atoms with Crippen LogP contribution in [0.5, 0.6) is 17.2 Å². The summed E-state index contributed by atoms with van der Waals surface area (Å²) in [5.74, 6) is 2.43. The molecule has 2 rings (SSSR count). The molecule has 0 amide bonds. The second kappa shape index (κ2) is 6.96. The van der Waals surface area contributed by atoms with Crippen molar-refractivity contribution in [3.63, 3.8) is 0 Å². The van der Waals surface area contributed by atoms with Gasteiger partial charge in [0.25, 0.3) is 0 Å². The Hall–Kier alpha value is -2.00. The van der Waals surface area contributed by atoms with Gasteiger partial charge >= 0.3 is 0 Å². The third-order valence-electron chi connectivity index (χ3n) is 2.86. The summed E-state index contributed by atoms with van der Waals surface area (Å²) >= 11 is 0. The van der Waals surface area contributed by atoms with Gasteiger partial charge in [0.15, 0.2) is 0 Å². The third kappa shape index (κ3) is 4.00. The van der Waals surface area contributed by atoms with Crippen LogP contribution in [0.15, 0.2) is 48.5 Å². The highest BCUT2D eigenvalue weighted by Gasteiger charge is 2.07. The van der Waals surface area contributed by atoms with Crippen LogP contribution in [-0.4, -0.2) is 12.6 Å². The van der Waals surface area contributed by atoms with E-state index in [-0.39, 0.29) is 6.04 Å². The average molecular weight is 271 g/mol. The molecule has 1 unspecified atom stereocenters. The molecule has 0 fully saturated rings. The summed E-state index contributed by atoms with van der Waals surface area (Å²) in [6.07, 6.45) is 0.793. The molecule has 2 N–H and O–H groups in total. The number of nitrogens with two attached hydrogens (primary N) is 1. The number of rotatable bonds is 6. The van der Waals surface area contributed by atoms with E-state index in [9.17, 15) is 0 Å². The van der Waals surface area contributed by atoms with E-state index in [2.05, 4.69) is 0 Å². The Morgan fingerprint density at radius 3 is 2.55 bits per heavy atom. The van der Waals surface area contributed by atoms with E-state index >= 15 is 0 Å². The molecule has 0 aromatic heterocycles. The predicted octanol–water partition coefficient (Wildman–Crippen LogP) is 3.77. The highest BCUT2D eigenvalue weighted by atomic mass is 16.5. The number of hydrogen-bond acceptors (Lipinski definition) is 3. The Balaban J connectivity index is 2.19. The van der Waals surface area contributed by atoms with E-state index in [1.54, 1.807) is 0 Å². The van der Waals surface area contributed by atoms with Crippen LogP contribution in [0.25, 0.3) is 0 Å². The minimum Gasteiger partial charge on any atom is -0.494 e. The van der Waals surface area contributed by atoms with Crippen molar-refractivity contribution in [1.29, 1.82) is 0 Å². The van der Waals surface area contributed by atoms with Gasteiger partial charge in [-0.3, -0.25) is 0 Å². The topological polar surface area (TPSA) is 44.5 Å². The van der Waals surface area contributed by atoms with Crippen LogP contribution in [0, 0.1) is 0 Å². The molecule has 0 saturated carbocycles. The Kier molecular flexibility index (Phi) is 5.02. The summed E-state index contributed by atoms with van der Waals surface area (Å²) in [4.78, 5) is 0. The molecule has 0 saturated heterocycles. The fraction of sp³-hybridized carbons (Fsp3) is 0.294. The van der Waals surface area contributed by atoms with Gasteiger partial charge in [-0.15, -0.1) is 0 Å². The maximum Gasteiger partial charge on any atom is 0.131 e. The molecule has 2 aromatic carbocycles. The quantitative estimate of drug-likeness (QED) is 0.869. The maximum absolute atomic E-state index is 5.96. The standard InChI is InChI=1S/C17H21NO2/c1-3-19-15-8-6-9-16(12-15)20-17-10-5-4-7-14(17)11-13(2)18/h4-10,12-13H,3,11,18H2,1-2H3. The van der Waals surface area contributed by atoms with Gasteiger partial charge < -0.3 is 15.2 Å². The van der Waals surface area contributed by atoms with Gasteiger partial charge in [0.05, 0.1) is 6.61 Å². The molecule has 3 nitrogen and oxygen atoms in total. The molecule has 0 aliphatic heterocycles. The fourth-order valence-electron chi connectivity index (χ4n) is 2.04. The molecular formula is C17H21NO2. The zero-order chi connectivity index (χ0) is 14.4. The van der Waals surface area contributed by atoms with E-state index in [1.807, 2.05) is 62.4 Å². The van der Waals surface area contributed by atoms with Gasteiger partial charge in [0.1, 0.15) is 17.2 Å². The fourth-order valence-corrected chi connectivity index (χ4v) is 2.04. The van der Waals surface area contributed by atoms with Gasteiger partial charge in [0, 0.05) is 12.1 Å². The van der Waals surface area contributed by atoms with Gasteiger partial charge in [-0.2, -0.15) is 0 Å². The average Bonchev–Trinajstić information content (AvgIpc) is 2.41. The van der Waals surface area contributed by atoms with E-state index in [0.717, 1.165) is 29.2 Å². The largest absolute Gasteiger partial charge is 0.494 e. The molecular weight excluding hydrogens is 250 g/mol. The van der Waals surface area contributed by atoms with Crippen LogP contribution < -0.4 is 15.2 Å². The van der Waals surface area contributed by atoms with Crippen molar-refractivity contribution in [2.24, 2.45) is 5.73 Å². The summed E-state index contributed by atoms with van der Waals surface area (Å²) in [6.45, 7) is 4.60. The van der Waals surface area contributed by atoms with Gasteiger partial charge in [-0.1, -0.05) is 24.3 Å². The molecule has 0 radical (unpaired) electrons. The van der Waals surface area contributed by atoms with Crippen LogP contribution >= 0.6 is 0 Å². The minimum absolute atomic E-state index is 0.106. The van der Waals surface area contributed by atoms with Crippen LogP contribution in [0.3, 0.4) is 0 Å². The third-order valence-corrected chi connectivity index (χ3v) is 2.86. The lowest BCUT2D eigenvalue weighted by atomic mass is 10.1. The first-order chi connectivity index (χ1) is 9.69. The first-order valence-electron chi connectivity index (χ1n) is 6.93. The predicted molar refractivity (Wildman–Crippen MR) is 81.5 cm³/mol. The van der Waals surface area contributed by atoms with Gasteiger partial charge in [0.2, 0.25) is 0 Å².